The van der Waals surface area contributed by atoms with Crippen LogP contribution in [0.25, 0.3) is 0 Å². The average Bonchev–Trinajstić information content (AvgIpc) is 2.68. The van der Waals surface area contributed by atoms with E-state index in [0.717, 1.165) is 12.1 Å². The lowest BCUT2D eigenvalue weighted by Crippen LogP contribution is -2.42. The van der Waals surface area contributed by atoms with Crippen molar-refractivity contribution in [1.29, 1.82) is 5.26 Å². The van der Waals surface area contributed by atoms with Gasteiger partial charge in [0.25, 0.3) is 0 Å². The Kier molecular flexibility index (Phi) is 4.88. The molecule has 0 radical (unpaired) electrons. The summed E-state index contributed by atoms with van der Waals surface area (Å²) < 4.78 is 63.6. The molecule has 0 aromatic heterocycles. The first-order valence-electron chi connectivity index (χ1n) is 7.49. The zero-order valence-corrected chi connectivity index (χ0v) is 14.5. The standard InChI is InChI=1S/C16H17F3N2O3S/c1-15(10-25(23,24)8-4-3-7-20)12-9-11(16(17,18)19)5-6-13(12)21(2)14(15)22/h5-6,9H,3-4,8,10H2,1-2H3/t15-/m1/s1. The lowest BCUT2D eigenvalue weighted by Gasteiger charge is -2.23. The molecular formula is C16H17F3N2O3S. The van der Waals surface area contributed by atoms with Gasteiger partial charge in [-0.05, 0) is 37.1 Å². The third-order valence-electron chi connectivity index (χ3n) is 4.31. The van der Waals surface area contributed by atoms with E-state index in [0.29, 0.717) is 0 Å². The highest BCUT2D eigenvalue weighted by Crippen LogP contribution is 2.44. The Hall–Kier alpha value is -2.08. The molecule has 0 saturated heterocycles. The second-order valence-electron chi connectivity index (χ2n) is 6.28. The van der Waals surface area contributed by atoms with Gasteiger partial charge in [0.2, 0.25) is 5.91 Å². The van der Waals surface area contributed by atoms with Gasteiger partial charge in [-0.2, -0.15) is 18.4 Å². The van der Waals surface area contributed by atoms with E-state index in [1.807, 2.05) is 6.07 Å². The quantitative estimate of drug-likeness (QED) is 0.743. The first-order valence-corrected chi connectivity index (χ1v) is 9.32. The Morgan fingerprint density at radius 1 is 1.32 bits per heavy atom. The maximum absolute atomic E-state index is 13.0. The second kappa shape index (κ2) is 6.33. The van der Waals surface area contributed by atoms with E-state index >= 15 is 0 Å². The zero-order chi connectivity index (χ0) is 19.0. The van der Waals surface area contributed by atoms with Crippen molar-refractivity contribution in [3.8, 4) is 6.07 Å². The van der Waals surface area contributed by atoms with Gasteiger partial charge in [-0.1, -0.05) is 0 Å². The Morgan fingerprint density at radius 2 is 1.96 bits per heavy atom. The van der Waals surface area contributed by atoms with Crippen molar-refractivity contribution in [1.82, 2.24) is 0 Å². The molecule has 1 aliphatic heterocycles. The highest BCUT2D eigenvalue weighted by Gasteiger charge is 2.49. The predicted octanol–water partition coefficient (Wildman–Crippen LogP) is 2.66. The molecule has 1 aliphatic rings. The van der Waals surface area contributed by atoms with Crippen LogP contribution in [-0.4, -0.2) is 32.9 Å². The molecule has 2 rings (SSSR count). The zero-order valence-electron chi connectivity index (χ0n) is 13.7. The number of nitriles is 1. The largest absolute Gasteiger partial charge is 0.416 e. The van der Waals surface area contributed by atoms with Crippen molar-refractivity contribution in [3.05, 3.63) is 29.3 Å². The first kappa shape index (κ1) is 19.2. The van der Waals surface area contributed by atoms with Crippen LogP contribution in [0.1, 0.15) is 30.9 Å². The van der Waals surface area contributed by atoms with E-state index in [1.165, 1.54) is 24.9 Å². The number of hydrogen-bond donors (Lipinski definition) is 0. The van der Waals surface area contributed by atoms with Gasteiger partial charge in [0.15, 0.2) is 9.84 Å². The van der Waals surface area contributed by atoms with E-state index in [4.69, 9.17) is 5.26 Å². The van der Waals surface area contributed by atoms with E-state index in [1.54, 1.807) is 0 Å². The monoisotopic (exact) mass is 374 g/mol. The van der Waals surface area contributed by atoms with Crippen LogP contribution in [0.5, 0.6) is 0 Å². The van der Waals surface area contributed by atoms with Crippen LogP contribution in [-0.2, 0) is 26.2 Å². The van der Waals surface area contributed by atoms with Gasteiger partial charge in [0, 0.05) is 19.2 Å². The van der Waals surface area contributed by atoms with Crippen LogP contribution >= 0.6 is 0 Å². The number of unbranched alkanes of at least 4 members (excludes halogenated alkanes) is 1. The van der Waals surface area contributed by atoms with Crippen molar-refractivity contribution < 1.29 is 26.4 Å². The SMILES string of the molecule is CN1C(=O)[C@](C)(CS(=O)(=O)CCCC#N)c2cc(C(F)(F)F)ccc21. The molecule has 5 nitrogen and oxygen atoms in total. The van der Waals surface area contributed by atoms with Crippen LogP contribution in [0.15, 0.2) is 18.2 Å². The Balaban J connectivity index is 2.45. The van der Waals surface area contributed by atoms with E-state index in [9.17, 15) is 26.4 Å². The molecule has 0 aliphatic carbocycles. The normalized spacial score (nSPS) is 20.5. The molecule has 1 atom stereocenters. The fourth-order valence-corrected chi connectivity index (χ4v) is 4.95. The molecule has 136 valence electrons. The number of halogens is 3. The van der Waals surface area contributed by atoms with Gasteiger partial charge in [0.05, 0.1) is 28.6 Å². The van der Waals surface area contributed by atoms with Crippen molar-refractivity contribution in [2.45, 2.75) is 31.4 Å². The molecule has 0 fully saturated rings. The number of nitrogens with zero attached hydrogens (tertiary/aromatic N) is 2. The average molecular weight is 374 g/mol. The fourth-order valence-electron chi connectivity index (χ4n) is 3.06. The molecule has 1 aromatic rings. The van der Waals surface area contributed by atoms with Crippen LogP contribution in [0.4, 0.5) is 18.9 Å². The minimum atomic E-state index is -4.59. The number of likely N-dealkylation sites (N-methyl/N-ethyl adjacent to an activating group) is 1. The van der Waals surface area contributed by atoms with Crippen molar-refractivity contribution in [2.24, 2.45) is 0 Å². The van der Waals surface area contributed by atoms with Crippen LogP contribution in [0.2, 0.25) is 0 Å². The highest BCUT2D eigenvalue weighted by molar-refractivity contribution is 7.91. The summed E-state index contributed by atoms with van der Waals surface area (Å²) >= 11 is 0. The van der Waals surface area contributed by atoms with Crippen LogP contribution in [0.3, 0.4) is 0 Å². The summed E-state index contributed by atoms with van der Waals surface area (Å²) in [5.41, 5.74) is -2.19. The smallest absolute Gasteiger partial charge is 0.314 e. The van der Waals surface area contributed by atoms with E-state index < -0.39 is 38.7 Å². The lowest BCUT2D eigenvalue weighted by molar-refractivity contribution is -0.137. The molecule has 0 bridgehead atoms. The molecular weight excluding hydrogens is 357 g/mol. The summed E-state index contributed by atoms with van der Waals surface area (Å²) in [6, 6.07) is 4.74. The number of carbonyl (C=O) groups is 1. The van der Waals surface area contributed by atoms with Crippen LogP contribution < -0.4 is 4.90 Å². The molecule has 1 aromatic carbocycles. The molecule has 0 N–H and O–H groups in total. The Morgan fingerprint density at radius 3 is 2.52 bits per heavy atom. The maximum Gasteiger partial charge on any atom is 0.416 e. The number of anilines is 1. The number of rotatable bonds is 5. The maximum atomic E-state index is 13.0. The molecule has 9 heteroatoms. The number of benzene rings is 1. The fraction of sp³-hybridized carbons (Fsp3) is 0.500. The van der Waals surface area contributed by atoms with Crippen LogP contribution in [0, 0.1) is 11.3 Å². The number of alkyl halides is 3. The number of sulfone groups is 1. The van der Waals surface area contributed by atoms with Gasteiger partial charge < -0.3 is 4.90 Å². The summed E-state index contributed by atoms with van der Waals surface area (Å²) in [4.78, 5) is 13.8. The third-order valence-corrected chi connectivity index (χ3v) is 6.24. The number of hydrogen-bond acceptors (Lipinski definition) is 4. The second-order valence-corrected chi connectivity index (χ2v) is 8.46. The van der Waals surface area contributed by atoms with Gasteiger partial charge in [-0.3, -0.25) is 4.79 Å². The van der Waals surface area contributed by atoms with Crippen molar-refractivity contribution in [3.63, 3.8) is 0 Å². The first-order chi connectivity index (χ1) is 11.4. The molecule has 0 unspecified atom stereocenters. The molecule has 1 amide bonds. The summed E-state index contributed by atoms with van der Waals surface area (Å²) in [5, 5.41) is 8.50. The molecule has 1 heterocycles. The minimum absolute atomic E-state index is 0.0542. The molecule has 0 spiro atoms. The van der Waals surface area contributed by atoms with Crippen molar-refractivity contribution >= 4 is 21.4 Å². The summed E-state index contributed by atoms with van der Waals surface area (Å²) in [5.74, 6) is -1.45. The third kappa shape index (κ3) is 3.63. The van der Waals surface area contributed by atoms with E-state index in [2.05, 4.69) is 0 Å². The minimum Gasteiger partial charge on any atom is -0.314 e. The number of amides is 1. The van der Waals surface area contributed by atoms with Gasteiger partial charge >= 0.3 is 6.18 Å². The number of fused-ring (bicyclic) bond motifs is 1. The molecule has 0 saturated carbocycles. The van der Waals surface area contributed by atoms with Crippen molar-refractivity contribution in [2.75, 3.05) is 23.5 Å². The number of carbonyl (C=O) groups excluding carboxylic acids is 1. The summed E-state index contributed by atoms with van der Waals surface area (Å²) in [6.45, 7) is 1.35. The Labute approximate surface area is 144 Å². The topological polar surface area (TPSA) is 78.2 Å². The summed E-state index contributed by atoms with van der Waals surface area (Å²) in [6.07, 6.45) is -4.42. The Bertz CT molecular complexity index is 843. The van der Waals surface area contributed by atoms with Gasteiger partial charge in [-0.15, -0.1) is 0 Å². The molecule has 25 heavy (non-hydrogen) atoms. The van der Waals surface area contributed by atoms with Gasteiger partial charge in [-0.25, -0.2) is 8.42 Å². The van der Waals surface area contributed by atoms with E-state index in [-0.39, 0.29) is 29.8 Å². The van der Waals surface area contributed by atoms with Gasteiger partial charge in [0.1, 0.15) is 0 Å². The predicted molar refractivity (Wildman–Crippen MR) is 85.7 cm³/mol. The lowest BCUT2D eigenvalue weighted by atomic mass is 9.85. The highest BCUT2D eigenvalue weighted by atomic mass is 32.2. The summed E-state index contributed by atoms with van der Waals surface area (Å²) in [7, 11) is -2.32.